The number of carbonyl (C=O) groups is 1. The molecule has 2 aromatic rings. The van der Waals surface area contributed by atoms with Crippen molar-refractivity contribution in [2.75, 3.05) is 5.32 Å². The van der Waals surface area contributed by atoms with Crippen molar-refractivity contribution < 1.29 is 35.5 Å². The van der Waals surface area contributed by atoms with Crippen LogP contribution in [0.5, 0.6) is 0 Å². The molecule has 0 aliphatic carbocycles. The molecule has 1 amide bonds. The number of carbonyl (C=O) groups excluding carboxylic acids is 1. The zero-order valence-electron chi connectivity index (χ0n) is 13.3. The Morgan fingerprint density at radius 2 is 1.46 bits per heavy atom. The van der Waals surface area contributed by atoms with Gasteiger partial charge in [0.25, 0.3) is 5.91 Å². The largest absolute Gasteiger partial charge is 0.435 e. The maximum absolute atomic E-state index is 14.2. The van der Waals surface area contributed by atoms with Gasteiger partial charge in [0.15, 0.2) is 0 Å². The number of halogens is 7. The minimum absolute atomic E-state index is 0.0267. The summed E-state index contributed by atoms with van der Waals surface area (Å²) in [6.45, 7) is 2.38. The Labute approximate surface area is 147 Å². The highest BCUT2D eigenvalue weighted by Crippen LogP contribution is 2.53. The molecule has 142 valence electrons. The van der Waals surface area contributed by atoms with E-state index in [2.05, 4.69) is 5.32 Å². The van der Waals surface area contributed by atoms with Gasteiger partial charge >= 0.3 is 18.0 Å². The zero-order chi connectivity index (χ0) is 19.9. The van der Waals surface area contributed by atoms with E-state index in [1.807, 2.05) is 0 Å². The third kappa shape index (κ3) is 3.42. The smallest absolute Gasteiger partial charge is 0.321 e. The number of alkyl halides is 7. The third-order valence-corrected chi connectivity index (χ3v) is 4.56. The van der Waals surface area contributed by atoms with Crippen LogP contribution in [0, 0.1) is 13.8 Å². The Morgan fingerprint density at radius 3 is 1.85 bits per heavy atom. The monoisotopic (exact) mass is 399 g/mol. The quantitative estimate of drug-likeness (QED) is 0.639. The van der Waals surface area contributed by atoms with Crippen LogP contribution in [0.4, 0.5) is 36.4 Å². The number of hydrogen-bond donors (Lipinski definition) is 1. The maximum atomic E-state index is 14.2. The van der Waals surface area contributed by atoms with Crippen molar-refractivity contribution in [3.05, 3.63) is 51.2 Å². The topological polar surface area (TPSA) is 29.1 Å². The van der Waals surface area contributed by atoms with Crippen molar-refractivity contribution in [3.63, 3.8) is 0 Å². The van der Waals surface area contributed by atoms with E-state index in [4.69, 9.17) is 0 Å². The van der Waals surface area contributed by atoms with Gasteiger partial charge in [0.2, 0.25) is 0 Å². The SMILES string of the molecule is Cc1cc(C(F)(C(F)(F)F)C(F)(F)F)cc(C)c1NC(=O)c1cccs1. The van der Waals surface area contributed by atoms with Crippen molar-refractivity contribution in [1.29, 1.82) is 0 Å². The first-order valence-electron chi connectivity index (χ1n) is 7.08. The van der Waals surface area contributed by atoms with Crippen LogP contribution < -0.4 is 5.32 Å². The van der Waals surface area contributed by atoms with E-state index in [-0.39, 0.29) is 16.8 Å². The molecule has 0 saturated heterocycles. The highest BCUT2D eigenvalue weighted by atomic mass is 32.1. The predicted molar refractivity (Wildman–Crippen MR) is 83.1 cm³/mol. The van der Waals surface area contributed by atoms with Gasteiger partial charge in [-0.05, 0) is 36.4 Å². The second-order valence-corrected chi connectivity index (χ2v) is 6.52. The van der Waals surface area contributed by atoms with Crippen molar-refractivity contribution in [2.45, 2.75) is 31.9 Å². The number of rotatable bonds is 3. The minimum atomic E-state index is -6.19. The molecule has 1 aromatic carbocycles. The maximum Gasteiger partial charge on any atom is 0.435 e. The lowest BCUT2D eigenvalue weighted by Crippen LogP contribution is -2.50. The summed E-state index contributed by atoms with van der Waals surface area (Å²) in [5.41, 5.74) is -7.31. The van der Waals surface area contributed by atoms with Gasteiger partial charge in [-0.25, -0.2) is 4.39 Å². The summed E-state index contributed by atoms with van der Waals surface area (Å²) in [6, 6.07) is 3.99. The normalized spacial score (nSPS) is 13.0. The highest BCUT2D eigenvalue weighted by molar-refractivity contribution is 7.12. The average molecular weight is 399 g/mol. The van der Waals surface area contributed by atoms with E-state index in [9.17, 15) is 35.5 Å². The third-order valence-electron chi connectivity index (χ3n) is 3.70. The molecular formula is C16H12F7NOS. The van der Waals surface area contributed by atoms with Crippen LogP contribution in [0.1, 0.15) is 26.4 Å². The standard InChI is InChI=1S/C16H12F7NOS/c1-8-6-10(14(17,15(18,19)20)16(21,22)23)7-9(2)12(8)24-13(25)11-4-3-5-26-11/h3-7H,1-2H3,(H,24,25). The van der Waals surface area contributed by atoms with Gasteiger partial charge in [0.1, 0.15) is 0 Å². The number of amides is 1. The molecule has 1 heterocycles. The van der Waals surface area contributed by atoms with Crippen LogP contribution in [0.2, 0.25) is 0 Å². The number of thiophene rings is 1. The summed E-state index contributed by atoms with van der Waals surface area (Å²) >= 11 is 1.11. The summed E-state index contributed by atoms with van der Waals surface area (Å²) in [7, 11) is 0. The first-order chi connectivity index (χ1) is 11.8. The molecule has 0 radical (unpaired) electrons. The molecule has 0 fully saturated rings. The average Bonchev–Trinajstić information content (AvgIpc) is 3.01. The summed E-state index contributed by atoms with van der Waals surface area (Å²) in [5, 5.41) is 4.05. The number of aryl methyl sites for hydroxylation is 2. The number of benzene rings is 1. The summed E-state index contributed by atoms with van der Waals surface area (Å²) in [4.78, 5) is 12.3. The van der Waals surface area contributed by atoms with Crippen LogP contribution in [-0.4, -0.2) is 18.3 Å². The second-order valence-electron chi connectivity index (χ2n) is 5.57. The number of hydrogen-bond acceptors (Lipinski definition) is 2. The van der Waals surface area contributed by atoms with Gasteiger partial charge in [-0.1, -0.05) is 18.2 Å². The Balaban J connectivity index is 2.50. The van der Waals surface area contributed by atoms with E-state index >= 15 is 0 Å². The van der Waals surface area contributed by atoms with E-state index in [1.165, 1.54) is 19.9 Å². The van der Waals surface area contributed by atoms with Crippen LogP contribution in [-0.2, 0) is 5.67 Å². The first kappa shape index (κ1) is 20.2. The van der Waals surface area contributed by atoms with Crippen LogP contribution in [0.3, 0.4) is 0 Å². The lowest BCUT2D eigenvalue weighted by Gasteiger charge is -2.31. The van der Waals surface area contributed by atoms with Crippen molar-refractivity contribution >= 4 is 22.9 Å². The molecule has 10 heteroatoms. The molecule has 2 nitrogen and oxygen atoms in total. The summed E-state index contributed by atoms with van der Waals surface area (Å²) in [6.07, 6.45) is -12.4. The molecule has 0 aliphatic rings. The Morgan fingerprint density at radius 1 is 0.962 bits per heavy atom. The van der Waals surface area contributed by atoms with Crippen molar-refractivity contribution in [1.82, 2.24) is 0 Å². The lowest BCUT2D eigenvalue weighted by atomic mass is 9.90. The van der Waals surface area contributed by atoms with Gasteiger partial charge in [0.05, 0.1) is 4.88 Å². The number of anilines is 1. The molecule has 1 aromatic heterocycles. The van der Waals surface area contributed by atoms with Crippen molar-refractivity contribution in [2.24, 2.45) is 0 Å². The van der Waals surface area contributed by atoms with Gasteiger partial charge in [-0.3, -0.25) is 4.79 Å². The zero-order valence-corrected chi connectivity index (χ0v) is 14.2. The Hall–Kier alpha value is -2.10. The Kier molecular flexibility index (Phi) is 5.10. The van der Waals surface area contributed by atoms with E-state index in [0.29, 0.717) is 17.0 Å². The predicted octanol–water partition coefficient (Wildman–Crippen LogP) is 5.91. The molecule has 0 spiro atoms. The summed E-state index contributed by atoms with van der Waals surface area (Å²) in [5.74, 6) is -0.572. The fourth-order valence-corrected chi connectivity index (χ4v) is 3.05. The van der Waals surface area contributed by atoms with Crippen LogP contribution in [0.15, 0.2) is 29.6 Å². The molecule has 26 heavy (non-hydrogen) atoms. The molecule has 1 N–H and O–H groups in total. The van der Waals surface area contributed by atoms with Gasteiger partial charge in [-0.15, -0.1) is 11.3 Å². The summed E-state index contributed by atoms with van der Waals surface area (Å²) < 4.78 is 91.5. The fourth-order valence-electron chi connectivity index (χ4n) is 2.43. The molecule has 0 saturated carbocycles. The molecule has 0 bridgehead atoms. The molecule has 0 atom stereocenters. The van der Waals surface area contributed by atoms with E-state index in [1.54, 1.807) is 11.4 Å². The second kappa shape index (κ2) is 6.57. The fraction of sp³-hybridized carbons (Fsp3) is 0.312. The van der Waals surface area contributed by atoms with Gasteiger partial charge < -0.3 is 5.32 Å². The minimum Gasteiger partial charge on any atom is -0.321 e. The lowest BCUT2D eigenvalue weighted by molar-refractivity contribution is -0.348. The molecule has 2 rings (SSSR count). The molecule has 0 unspecified atom stereocenters. The number of nitrogens with one attached hydrogen (secondary N) is 1. The molecule has 0 aliphatic heterocycles. The van der Waals surface area contributed by atoms with Crippen LogP contribution >= 0.6 is 11.3 Å². The van der Waals surface area contributed by atoms with Gasteiger partial charge in [0, 0.05) is 11.3 Å². The first-order valence-corrected chi connectivity index (χ1v) is 7.96. The highest BCUT2D eigenvalue weighted by Gasteiger charge is 2.73. The van der Waals surface area contributed by atoms with Crippen LogP contribution in [0.25, 0.3) is 0 Å². The van der Waals surface area contributed by atoms with Gasteiger partial charge in [-0.2, -0.15) is 26.3 Å². The Bertz CT molecular complexity index is 772. The van der Waals surface area contributed by atoms with E-state index in [0.717, 1.165) is 11.3 Å². The van der Waals surface area contributed by atoms with Crippen molar-refractivity contribution in [3.8, 4) is 0 Å². The van der Waals surface area contributed by atoms with E-state index < -0.39 is 29.5 Å². The molecular weight excluding hydrogens is 387 g/mol.